The third-order valence-corrected chi connectivity index (χ3v) is 4.90. The first-order valence-electron chi connectivity index (χ1n) is 10.2. The Hall–Kier alpha value is -3.32. The van der Waals surface area contributed by atoms with Crippen LogP contribution < -0.4 is 19.6 Å². The second-order valence-corrected chi connectivity index (χ2v) is 7.77. The first-order chi connectivity index (χ1) is 15.5. The molecule has 1 amide bonds. The minimum atomic E-state index is -0.725. The van der Waals surface area contributed by atoms with Crippen LogP contribution in [0, 0.1) is 0 Å². The largest absolute Gasteiger partial charge is 0.493 e. The summed E-state index contributed by atoms with van der Waals surface area (Å²) in [5, 5.41) is 4.03. The van der Waals surface area contributed by atoms with Gasteiger partial charge in [-0.3, -0.25) is 4.79 Å². The molecule has 3 aromatic carbocycles. The second-order valence-electron chi connectivity index (χ2n) is 6.86. The van der Waals surface area contributed by atoms with Gasteiger partial charge in [-0.2, -0.15) is 5.10 Å². The number of nitrogens with one attached hydrogen (secondary N) is 1. The number of rotatable bonds is 10. The van der Waals surface area contributed by atoms with Gasteiger partial charge in [0, 0.05) is 10.0 Å². The van der Waals surface area contributed by atoms with Crippen LogP contribution in [0.25, 0.3) is 0 Å². The van der Waals surface area contributed by atoms with Gasteiger partial charge < -0.3 is 14.2 Å². The van der Waals surface area contributed by atoms with Crippen molar-refractivity contribution in [3.05, 3.63) is 88.4 Å². The average Bonchev–Trinajstić information content (AvgIpc) is 2.81. The predicted molar refractivity (Wildman–Crippen MR) is 128 cm³/mol. The van der Waals surface area contributed by atoms with Crippen LogP contribution in [0.15, 0.2) is 82.4 Å². The number of amides is 1. The van der Waals surface area contributed by atoms with Crippen molar-refractivity contribution in [2.24, 2.45) is 5.10 Å². The van der Waals surface area contributed by atoms with Crippen molar-refractivity contribution in [2.75, 3.05) is 6.61 Å². The highest BCUT2D eigenvalue weighted by molar-refractivity contribution is 9.10. The van der Waals surface area contributed by atoms with Crippen molar-refractivity contribution in [2.45, 2.75) is 26.6 Å². The minimum absolute atomic E-state index is 0.362. The molecule has 0 unspecified atom stereocenters. The molecular weight excluding hydrogens is 472 g/mol. The molecule has 1 N–H and O–H groups in total. The molecule has 0 spiro atoms. The highest BCUT2D eigenvalue weighted by Gasteiger charge is 2.14. The maximum atomic E-state index is 12.3. The smallest absolute Gasteiger partial charge is 0.280 e. The Bertz CT molecular complexity index is 1040. The summed E-state index contributed by atoms with van der Waals surface area (Å²) < 4.78 is 17.9. The van der Waals surface area contributed by atoms with Gasteiger partial charge in [0.2, 0.25) is 0 Å². The molecule has 0 saturated heterocycles. The summed E-state index contributed by atoms with van der Waals surface area (Å²) in [6, 6.07) is 22.7. The van der Waals surface area contributed by atoms with Gasteiger partial charge in [0.05, 0.1) is 12.8 Å². The van der Waals surface area contributed by atoms with E-state index in [9.17, 15) is 4.79 Å². The quantitative estimate of drug-likeness (QED) is 0.303. The van der Waals surface area contributed by atoms with E-state index in [4.69, 9.17) is 14.2 Å². The summed E-state index contributed by atoms with van der Waals surface area (Å²) >= 11 is 3.42. The van der Waals surface area contributed by atoms with Crippen molar-refractivity contribution in [1.29, 1.82) is 0 Å². The molecule has 1 atom stereocenters. The van der Waals surface area contributed by atoms with Crippen LogP contribution >= 0.6 is 15.9 Å². The lowest BCUT2D eigenvalue weighted by Crippen LogP contribution is -2.33. The average molecular weight is 497 g/mol. The Balaban J connectivity index is 1.50. The number of hydrazone groups is 1. The van der Waals surface area contributed by atoms with Gasteiger partial charge >= 0.3 is 0 Å². The van der Waals surface area contributed by atoms with Crippen molar-refractivity contribution in [3.63, 3.8) is 0 Å². The number of nitrogens with zero attached hydrogens (tertiary/aromatic N) is 1. The minimum Gasteiger partial charge on any atom is -0.493 e. The number of hydrogen-bond donors (Lipinski definition) is 1. The van der Waals surface area contributed by atoms with Crippen LogP contribution in [0.4, 0.5) is 0 Å². The summed E-state index contributed by atoms with van der Waals surface area (Å²) in [6.07, 6.45) is 0.816. The Labute approximate surface area is 196 Å². The van der Waals surface area contributed by atoms with Gasteiger partial charge in [0.25, 0.3) is 5.91 Å². The van der Waals surface area contributed by atoms with Crippen LogP contribution in [0.1, 0.15) is 25.0 Å². The molecule has 166 valence electrons. The van der Waals surface area contributed by atoms with E-state index in [0.717, 1.165) is 21.3 Å². The molecule has 0 bridgehead atoms. The third kappa shape index (κ3) is 7.13. The molecule has 0 saturated carbocycles. The maximum Gasteiger partial charge on any atom is 0.280 e. The zero-order valence-electron chi connectivity index (χ0n) is 18.0. The molecule has 0 aliphatic heterocycles. The Morgan fingerprint density at radius 1 is 1.03 bits per heavy atom. The van der Waals surface area contributed by atoms with Crippen LogP contribution in [0.2, 0.25) is 0 Å². The van der Waals surface area contributed by atoms with Crippen LogP contribution in [-0.4, -0.2) is 24.8 Å². The van der Waals surface area contributed by atoms with E-state index < -0.39 is 6.10 Å². The number of benzene rings is 3. The first-order valence-corrected chi connectivity index (χ1v) is 11.0. The van der Waals surface area contributed by atoms with Gasteiger partial charge in [-0.05, 0) is 61.9 Å². The molecule has 0 aliphatic carbocycles. The lowest BCUT2D eigenvalue weighted by atomic mass is 10.2. The Kier molecular flexibility index (Phi) is 8.69. The van der Waals surface area contributed by atoms with E-state index in [1.165, 1.54) is 0 Å². The van der Waals surface area contributed by atoms with Gasteiger partial charge in [0.15, 0.2) is 6.10 Å². The molecule has 3 aromatic rings. The predicted octanol–water partition coefficient (Wildman–Crippen LogP) is 5.34. The normalized spacial score (nSPS) is 11.7. The van der Waals surface area contributed by atoms with Gasteiger partial charge in [-0.1, -0.05) is 46.3 Å². The number of hydrogen-bond acceptors (Lipinski definition) is 5. The zero-order valence-corrected chi connectivity index (χ0v) is 19.5. The van der Waals surface area contributed by atoms with E-state index in [2.05, 4.69) is 26.5 Å². The maximum absolute atomic E-state index is 12.3. The summed E-state index contributed by atoms with van der Waals surface area (Å²) in [4.78, 5) is 12.3. The van der Waals surface area contributed by atoms with E-state index in [0.29, 0.717) is 24.7 Å². The lowest BCUT2D eigenvalue weighted by molar-refractivity contribution is -0.127. The third-order valence-electron chi connectivity index (χ3n) is 4.40. The fraction of sp³-hybridized carbons (Fsp3) is 0.200. The highest BCUT2D eigenvalue weighted by Crippen LogP contribution is 2.22. The number of ether oxygens (including phenoxy) is 3. The van der Waals surface area contributed by atoms with E-state index >= 15 is 0 Å². The molecule has 0 aliphatic rings. The summed E-state index contributed by atoms with van der Waals surface area (Å²) in [5.41, 5.74) is 4.34. The fourth-order valence-electron chi connectivity index (χ4n) is 2.78. The first kappa shape index (κ1) is 23.3. The molecule has 32 heavy (non-hydrogen) atoms. The molecule has 0 heterocycles. The van der Waals surface area contributed by atoms with Crippen molar-refractivity contribution in [3.8, 4) is 17.2 Å². The van der Waals surface area contributed by atoms with Crippen LogP contribution in [0.3, 0.4) is 0 Å². The van der Waals surface area contributed by atoms with Crippen molar-refractivity contribution in [1.82, 2.24) is 5.43 Å². The standard InChI is InChI=1S/C25H25BrN2O4/c1-3-30-24-14-9-21(26)15-20(24)16-27-28-25(29)18(2)32-23-12-10-22(11-13-23)31-17-19-7-5-4-6-8-19/h4-16,18H,3,17H2,1-2H3,(H,28,29)/b27-16-/t18-/m1/s1. The van der Waals surface area contributed by atoms with Crippen LogP contribution in [-0.2, 0) is 11.4 Å². The van der Waals surface area contributed by atoms with Gasteiger partial charge in [-0.25, -0.2) is 5.43 Å². The molecule has 7 heteroatoms. The lowest BCUT2D eigenvalue weighted by Gasteiger charge is -2.13. The monoisotopic (exact) mass is 496 g/mol. The summed E-state index contributed by atoms with van der Waals surface area (Å²) in [5.74, 6) is 1.61. The number of halogens is 1. The molecule has 6 nitrogen and oxygen atoms in total. The molecule has 3 rings (SSSR count). The van der Waals surface area contributed by atoms with Crippen molar-refractivity contribution < 1.29 is 19.0 Å². The number of carbonyl (C=O) groups excluding carboxylic acids is 1. The summed E-state index contributed by atoms with van der Waals surface area (Å²) in [7, 11) is 0. The molecule has 0 radical (unpaired) electrons. The van der Waals surface area contributed by atoms with Crippen LogP contribution in [0.5, 0.6) is 17.2 Å². The van der Waals surface area contributed by atoms with E-state index in [1.807, 2.05) is 67.6 Å². The fourth-order valence-corrected chi connectivity index (χ4v) is 3.16. The van der Waals surface area contributed by atoms with E-state index in [1.54, 1.807) is 25.3 Å². The van der Waals surface area contributed by atoms with Gasteiger partial charge in [0.1, 0.15) is 23.9 Å². The van der Waals surface area contributed by atoms with Crippen molar-refractivity contribution >= 4 is 28.1 Å². The van der Waals surface area contributed by atoms with E-state index in [-0.39, 0.29) is 5.91 Å². The molecule has 0 aromatic heterocycles. The topological polar surface area (TPSA) is 69.2 Å². The Morgan fingerprint density at radius 3 is 2.47 bits per heavy atom. The zero-order chi connectivity index (χ0) is 22.8. The Morgan fingerprint density at radius 2 is 1.75 bits per heavy atom. The second kappa shape index (κ2) is 11.9. The highest BCUT2D eigenvalue weighted by atomic mass is 79.9. The van der Waals surface area contributed by atoms with Gasteiger partial charge in [-0.15, -0.1) is 0 Å². The number of carbonyl (C=O) groups is 1. The molecular formula is C25H25BrN2O4. The SMILES string of the molecule is CCOc1ccc(Br)cc1/C=N\NC(=O)[C@@H](C)Oc1ccc(OCc2ccccc2)cc1. The summed E-state index contributed by atoms with van der Waals surface area (Å²) in [6.45, 7) is 4.59. The molecule has 0 fully saturated rings.